The fraction of sp³-hybridized carbons (Fsp3) is 0.278. The first-order valence-corrected chi connectivity index (χ1v) is 6.95. The van der Waals surface area contributed by atoms with Crippen LogP contribution in [0.25, 0.3) is 11.1 Å². The number of hydrogen-bond acceptors (Lipinski definition) is 2. The van der Waals surface area contributed by atoms with Crippen molar-refractivity contribution >= 4 is 5.78 Å². The SMILES string of the molecule is COCCCC(=O)Cc1ccccc1-c1ccccc1. The molecule has 0 heterocycles. The Hall–Kier alpha value is -1.93. The zero-order valence-corrected chi connectivity index (χ0v) is 11.8. The molecule has 0 unspecified atom stereocenters. The topological polar surface area (TPSA) is 26.3 Å². The van der Waals surface area contributed by atoms with Gasteiger partial charge in [-0.1, -0.05) is 54.6 Å². The van der Waals surface area contributed by atoms with Crippen LogP contribution in [0.3, 0.4) is 0 Å². The summed E-state index contributed by atoms with van der Waals surface area (Å²) in [6.45, 7) is 0.645. The molecule has 0 aromatic heterocycles. The summed E-state index contributed by atoms with van der Waals surface area (Å²) >= 11 is 0. The minimum absolute atomic E-state index is 0.269. The third-order valence-corrected chi connectivity index (χ3v) is 3.29. The Morgan fingerprint density at radius 2 is 1.70 bits per heavy atom. The fourth-order valence-electron chi connectivity index (χ4n) is 2.29. The number of rotatable bonds is 7. The van der Waals surface area contributed by atoms with E-state index >= 15 is 0 Å². The fourth-order valence-corrected chi connectivity index (χ4v) is 2.29. The van der Waals surface area contributed by atoms with Crippen LogP contribution in [0.2, 0.25) is 0 Å². The second kappa shape index (κ2) is 7.61. The molecule has 0 fully saturated rings. The summed E-state index contributed by atoms with van der Waals surface area (Å²) in [5.41, 5.74) is 3.40. The van der Waals surface area contributed by atoms with E-state index in [2.05, 4.69) is 18.2 Å². The molecule has 20 heavy (non-hydrogen) atoms. The van der Waals surface area contributed by atoms with Crippen molar-refractivity contribution in [1.29, 1.82) is 0 Å². The molecule has 0 amide bonds. The van der Waals surface area contributed by atoms with Crippen LogP contribution in [-0.4, -0.2) is 19.5 Å². The average molecular weight is 268 g/mol. The van der Waals surface area contributed by atoms with E-state index in [0.29, 0.717) is 19.4 Å². The van der Waals surface area contributed by atoms with E-state index in [1.54, 1.807) is 7.11 Å². The predicted molar refractivity (Wildman–Crippen MR) is 81.7 cm³/mol. The van der Waals surface area contributed by atoms with Crippen LogP contribution in [0.15, 0.2) is 54.6 Å². The Morgan fingerprint density at radius 1 is 1.00 bits per heavy atom. The van der Waals surface area contributed by atoms with Crippen molar-refractivity contribution in [2.45, 2.75) is 19.3 Å². The molecule has 0 spiro atoms. The molecule has 2 nitrogen and oxygen atoms in total. The zero-order chi connectivity index (χ0) is 14.2. The van der Waals surface area contributed by atoms with Gasteiger partial charge in [-0.2, -0.15) is 0 Å². The molecule has 0 aliphatic rings. The van der Waals surface area contributed by atoms with Gasteiger partial charge in [-0.15, -0.1) is 0 Å². The Kier molecular flexibility index (Phi) is 5.51. The summed E-state index contributed by atoms with van der Waals surface area (Å²) in [6.07, 6.45) is 1.87. The lowest BCUT2D eigenvalue weighted by Crippen LogP contribution is -2.05. The van der Waals surface area contributed by atoms with Crippen molar-refractivity contribution in [2.75, 3.05) is 13.7 Å². The van der Waals surface area contributed by atoms with Gasteiger partial charge in [0.1, 0.15) is 5.78 Å². The van der Waals surface area contributed by atoms with Gasteiger partial charge in [0.15, 0.2) is 0 Å². The monoisotopic (exact) mass is 268 g/mol. The van der Waals surface area contributed by atoms with E-state index in [1.807, 2.05) is 36.4 Å². The first-order valence-electron chi connectivity index (χ1n) is 6.95. The highest BCUT2D eigenvalue weighted by Gasteiger charge is 2.08. The summed E-state index contributed by atoms with van der Waals surface area (Å²) < 4.78 is 4.98. The highest BCUT2D eigenvalue weighted by Crippen LogP contribution is 2.24. The maximum absolute atomic E-state index is 12.0. The van der Waals surface area contributed by atoms with E-state index in [9.17, 15) is 4.79 Å². The average Bonchev–Trinajstić information content (AvgIpc) is 2.49. The van der Waals surface area contributed by atoms with Gasteiger partial charge in [0.25, 0.3) is 0 Å². The van der Waals surface area contributed by atoms with Crippen molar-refractivity contribution < 1.29 is 9.53 Å². The lowest BCUT2D eigenvalue weighted by atomic mass is 9.95. The number of carbonyl (C=O) groups is 1. The molecule has 0 bridgehead atoms. The first kappa shape index (κ1) is 14.5. The summed E-state index contributed by atoms with van der Waals surface area (Å²) in [6, 6.07) is 18.3. The van der Waals surface area contributed by atoms with Gasteiger partial charge in [-0.05, 0) is 23.1 Å². The molecule has 2 aromatic carbocycles. The van der Waals surface area contributed by atoms with Crippen LogP contribution >= 0.6 is 0 Å². The van der Waals surface area contributed by atoms with E-state index in [-0.39, 0.29) is 5.78 Å². The van der Waals surface area contributed by atoms with Crippen molar-refractivity contribution in [3.05, 3.63) is 60.2 Å². The summed E-state index contributed by atoms with van der Waals surface area (Å²) in [5, 5.41) is 0. The summed E-state index contributed by atoms with van der Waals surface area (Å²) in [5.74, 6) is 0.269. The van der Waals surface area contributed by atoms with Crippen LogP contribution in [-0.2, 0) is 16.0 Å². The lowest BCUT2D eigenvalue weighted by Gasteiger charge is -2.09. The van der Waals surface area contributed by atoms with E-state index in [1.165, 1.54) is 0 Å². The molecule has 0 saturated carbocycles. The Labute approximate surface area is 120 Å². The molecule has 2 heteroatoms. The van der Waals surface area contributed by atoms with Crippen LogP contribution in [0.4, 0.5) is 0 Å². The van der Waals surface area contributed by atoms with Crippen molar-refractivity contribution in [3.8, 4) is 11.1 Å². The van der Waals surface area contributed by atoms with Gasteiger partial charge in [-0.3, -0.25) is 4.79 Å². The number of carbonyl (C=O) groups excluding carboxylic acids is 1. The largest absolute Gasteiger partial charge is 0.385 e. The van der Waals surface area contributed by atoms with Gasteiger partial charge in [0, 0.05) is 26.6 Å². The van der Waals surface area contributed by atoms with Crippen LogP contribution in [0.5, 0.6) is 0 Å². The maximum Gasteiger partial charge on any atom is 0.137 e. The molecule has 0 radical (unpaired) electrons. The van der Waals surface area contributed by atoms with Gasteiger partial charge >= 0.3 is 0 Å². The Balaban J connectivity index is 2.11. The smallest absolute Gasteiger partial charge is 0.137 e. The zero-order valence-electron chi connectivity index (χ0n) is 11.8. The van der Waals surface area contributed by atoms with Crippen molar-refractivity contribution in [2.24, 2.45) is 0 Å². The second-order valence-corrected chi connectivity index (χ2v) is 4.83. The predicted octanol–water partition coefficient (Wildman–Crippen LogP) is 3.89. The quantitative estimate of drug-likeness (QED) is 0.712. The van der Waals surface area contributed by atoms with Crippen LogP contribution < -0.4 is 0 Å². The first-order chi connectivity index (χ1) is 9.81. The van der Waals surface area contributed by atoms with E-state index < -0.39 is 0 Å². The Bertz CT molecular complexity index is 546. The number of benzene rings is 2. The lowest BCUT2D eigenvalue weighted by molar-refractivity contribution is -0.118. The highest BCUT2D eigenvalue weighted by molar-refractivity contribution is 5.83. The number of hydrogen-bond donors (Lipinski definition) is 0. The minimum Gasteiger partial charge on any atom is -0.385 e. The van der Waals surface area contributed by atoms with E-state index in [4.69, 9.17) is 4.74 Å². The highest BCUT2D eigenvalue weighted by atomic mass is 16.5. The van der Waals surface area contributed by atoms with Gasteiger partial charge in [0.05, 0.1) is 0 Å². The molecular formula is C18H20O2. The third-order valence-electron chi connectivity index (χ3n) is 3.29. The number of Topliss-reactive ketones (excluding diaryl/α,β-unsaturated/α-hetero) is 1. The van der Waals surface area contributed by atoms with Gasteiger partial charge in [0.2, 0.25) is 0 Å². The molecule has 0 saturated heterocycles. The second-order valence-electron chi connectivity index (χ2n) is 4.83. The van der Waals surface area contributed by atoms with Crippen LogP contribution in [0, 0.1) is 0 Å². The number of methoxy groups -OCH3 is 1. The molecule has 104 valence electrons. The summed E-state index contributed by atoms with van der Waals surface area (Å²) in [7, 11) is 1.66. The normalized spacial score (nSPS) is 10.4. The third kappa shape index (κ3) is 4.04. The molecule has 0 N–H and O–H groups in total. The van der Waals surface area contributed by atoms with Gasteiger partial charge in [-0.25, -0.2) is 0 Å². The summed E-state index contributed by atoms with van der Waals surface area (Å²) in [4.78, 5) is 12.0. The molecule has 0 aliphatic carbocycles. The molecule has 2 aromatic rings. The molecule has 2 rings (SSSR count). The Morgan fingerprint density at radius 3 is 2.45 bits per heavy atom. The van der Waals surface area contributed by atoms with Gasteiger partial charge < -0.3 is 4.74 Å². The van der Waals surface area contributed by atoms with Crippen LogP contribution in [0.1, 0.15) is 18.4 Å². The van der Waals surface area contributed by atoms with E-state index in [0.717, 1.165) is 23.1 Å². The van der Waals surface area contributed by atoms with Crippen molar-refractivity contribution in [3.63, 3.8) is 0 Å². The maximum atomic E-state index is 12.0. The number of ether oxygens (including phenoxy) is 1. The minimum atomic E-state index is 0.269. The molecule has 0 atom stereocenters. The number of ketones is 1. The molecular weight excluding hydrogens is 248 g/mol. The standard InChI is InChI=1S/C18H20O2/c1-20-13-7-11-17(19)14-16-10-5-6-12-18(16)15-8-3-2-4-9-15/h2-6,8-10,12H,7,11,13-14H2,1H3. The van der Waals surface area contributed by atoms with Crippen molar-refractivity contribution in [1.82, 2.24) is 0 Å². The molecule has 0 aliphatic heterocycles.